The highest BCUT2D eigenvalue weighted by molar-refractivity contribution is 5.95. The molecule has 1 aromatic carbocycles. The molecule has 22 heavy (non-hydrogen) atoms. The highest BCUT2D eigenvalue weighted by atomic mass is 16.6. The van der Waals surface area contributed by atoms with Gasteiger partial charge in [0.1, 0.15) is 0 Å². The molecular formula is C13H15N5O4. The summed E-state index contributed by atoms with van der Waals surface area (Å²) < 4.78 is 5.37. The average molecular weight is 305 g/mol. The van der Waals surface area contributed by atoms with Crippen molar-refractivity contribution < 1.29 is 14.5 Å². The van der Waals surface area contributed by atoms with Crippen LogP contribution in [0.2, 0.25) is 0 Å². The Labute approximate surface area is 126 Å². The lowest BCUT2D eigenvalue weighted by atomic mass is 10.1. The molecule has 116 valence electrons. The maximum Gasteiger partial charge on any atom is 0.269 e. The summed E-state index contributed by atoms with van der Waals surface area (Å²) in [5.74, 6) is 0.0336. The predicted molar refractivity (Wildman–Crippen MR) is 78.4 cm³/mol. The summed E-state index contributed by atoms with van der Waals surface area (Å²) in [5.41, 5.74) is 8.78. The molecule has 1 saturated heterocycles. The van der Waals surface area contributed by atoms with E-state index in [2.05, 4.69) is 10.0 Å². The molecule has 0 spiro atoms. The zero-order valence-corrected chi connectivity index (χ0v) is 11.8. The maximum absolute atomic E-state index is 12.0. The molecule has 1 aliphatic heterocycles. The van der Waals surface area contributed by atoms with E-state index in [0.717, 1.165) is 0 Å². The molecule has 2 rings (SSSR count). The van der Waals surface area contributed by atoms with Crippen molar-refractivity contribution in [2.75, 3.05) is 31.2 Å². The smallest absolute Gasteiger partial charge is 0.269 e. The second kappa shape index (κ2) is 7.39. The number of hydrogen-bond donors (Lipinski definition) is 0. The van der Waals surface area contributed by atoms with E-state index < -0.39 is 4.92 Å². The van der Waals surface area contributed by atoms with E-state index in [0.29, 0.717) is 31.9 Å². The van der Waals surface area contributed by atoms with Gasteiger partial charge in [-0.25, -0.2) is 0 Å². The number of carbonyl (C=O) groups excluding carboxylic acids is 1. The monoisotopic (exact) mass is 305 g/mol. The number of carbonyl (C=O) groups is 1. The molecule has 1 amide bonds. The zero-order chi connectivity index (χ0) is 15.9. The Morgan fingerprint density at radius 3 is 2.82 bits per heavy atom. The van der Waals surface area contributed by atoms with Crippen molar-refractivity contribution in [2.24, 2.45) is 11.0 Å². The quantitative estimate of drug-likeness (QED) is 0.191. The summed E-state index contributed by atoms with van der Waals surface area (Å²) in [5, 5.41) is 14.0. The van der Waals surface area contributed by atoms with Crippen LogP contribution in [0.5, 0.6) is 0 Å². The Kier molecular flexibility index (Phi) is 5.29. The van der Waals surface area contributed by atoms with Gasteiger partial charge in [0, 0.05) is 48.2 Å². The van der Waals surface area contributed by atoms with E-state index in [1.165, 1.54) is 12.1 Å². The number of nitro benzene ring substituents is 1. The highest BCUT2D eigenvalue weighted by Crippen LogP contribution is 2.26. The summed E-state index contributed by atoms with van der Waals surface area (Å²) in [6.45, 7) is 1.52. The van der Waals surface area contributed by atoms with Gasteiger partial charge in [0.2, 0.25) is 5.91 Å². The van der Waals surface area contributed by atoms with Gasteiger partial charge in [-0.05, 0) is 17.7 Å². The van der Waals surface area contributed by atoms with Gasteiger partial charge in [-0.3, -0.25) is 14.9 Å². The summed E-state index contributed by atoms with van der Waals surface area (Å²) in [6, 6.07) is 5.90. The molecular weight excluding hydrogens is 290 g/mol. The molecule has 0 saturated carbocycles. The molecule has 0 aromatic heterocycles. The molecule has 1 unspecified atom stereocenters. The number of benzene rings is 1. The average Bonchev–Trinajstić information content (AvgIpc) is 2.88. The van der Waals surface area contributed by atoms with E-state index in [9.17, 15) is 14.9 Å². The molecule has 1 atom stereocenters. The fourth-order valence-electron chi connectivity index (χ4n) is 2.30. The Morgan fingerprint density at radius 1 is 1.45 bits per heavy atom. The van der Waals surface area contributed by atoms with Crippen LogP contribution >= 0.6 is 0 Å². The van der Waals surface area contributed by atoms with Crippen LogP contribution in [0.3, 0.4) is 0 Å². The van der Waals surface area contributed by atoms with Crippen molar-refractivity contribution in [3.05, 3.63) is 44.8 Å². The van der Waals surface area contributed by atoms with E-state index in [1.54, 1.807) is 17.0 Å². The number of nitrogens with zero attached hydrogens (tertiary/aromatic N) is 5. The first kappa shape index (κ1) is 15.7. The van der Waals surface area contributed by atoms with Gasteiger partial charge in [-0.1, -0.05) is 5.11 Å². The number of anilines is 1. The number of rotatable bonds is 7. The first-order chi connectivity index (χ1) is 10.6. The van der Waals surface area contributed by atoms with Crippen LogP contribution in [0.25, 0.3) is 10.4 Å². The van der Waals surface area contributed by atoms with Crippen LogP contribution in [0.4, 0.5) is 11.4 Å². The van der Waals surface area contributed by atoms with Crippen LogP contribution in [-0.2, 0) is 9.53 Å². The minimum absolute atomic E-state index is 0.00618. The van der Waals surface area contributed by atoms with Gasteiger partial charge in [0.05, 0.1) is 18.1 Å². The van der Waals surface area contributed by atoms with Crippen LogP contribution in [0.1, 0.15) is 6.42 Å². The molecule has 0 N–H and O–H groups in total. The molecule has 0 radical (unpaired) electrons. The van der Waals surface area contributed by atoms with Crippen molar-refractivity contribution in [1.29, 1.82) is 0 Å². The fraction of sp³-hybridized carbons (Fsp3) is 0.462. The number of non-ortho nitro benzene ring substituents is 1. The van der Waals surface area contributed by atoms with Gasteiger partial charge in [0.15, 0.2) is 0 Å². The highest BCUT2D eigenvalue weighted by Gasteiger charge is 2.30. The third-order valence-electron chi connectivity index (χ3n) is 3.33. The molecule has 1 heterocycles. The second-order valence-corrected chi connectivity index (χ2v) is 4.88. The van der Waals surface area contributed by atoms with Crippen molar-refractivity contribution in [3.63, 3.8) is 0 Å². The molecule has 1 fully saturated rings. The lowest BCUT2D eigenvalue weighted by molar-refractivity contribution is -0.384. The Balaban J connectivity index is 1.89. The van der Waals surface area contributed by atoms with Gasteiger partial charge in [0.25, 0.3) is 5.69 Å². The van der Waals surface area contributed by atoms with Gasteiger partial charge in [-0.2, -0.15) is 0 Å². The predicted octanol–water partition coefficient (Wildman–Crippen LogP) is 2.27. The van der Waals surface area contributed by atoms with E-state index in [1.807, 2.05) is 0 Å². The van der Waals surface area contributed by atoms with Crippen molar-refractivity contribution >= 4 is 17.3 Å². The fourth-order valence-corrected chi connectivity index (χ4v) is 2.30. The maximum atomic E-state index is 12.0. The molecule has 1 aromatic rings. The van der Waals surface area contributed by atoms with Crippen molar-refractivity contribution in [2.45, 2.75) is 6.42 Å². The van der Waals surface area contributed by atoms with E-state index >= 15 is 0 Å². The van der Waals surface area contributed by atoms with Crippen molar-refractivity contribution in [1.82, 2.24) is 0 Å². The number of amides is 1. The number of ether oxygens (including phenoxy) is 1. The minimum atomic E-state index is -0.476. The summed E-state index contributed by atoms with van der Waals surface area (Å²) >= 11 is 0. The largest absolute Gasteiger partial charge is 0.381 e. The molecule has 0 bridgehead atoms. The van der Waals surface area contributed by atoms with Crippen LogP contribution in [0, 0.1) is 16.0 Å². The van der Waals surface area contributed by atoms with Gasteiger partial charge >= 0.3 is 0 Å². The summed E-state index contributed by atoms with van der Waals surface area (Å²) in [6.07, 6.45) is 0.374. The molecule has 0 aliphatic carbocycles. The third kappa shape index (κ3) is 3.94. The first-order valence-corrected chi connectivity index (χ1v) is 6.75. The first-order valence-electron chi connectivity index (χ1n) is 6.75. The Morgan fingerprint density at radius 2 is 2.18 bits per heavy atom. The topological polar surface area (TPSA) is 121 Å². The van der Waals surface area contributed by atoms with Crippen LogP contribution in [-0.4, -0.2) is 37.1 Å². The zero-order valence-electron chi connectivity index (χ0n) is 11.8. The number of hydrogen-bond acceptors (Lipinski definition) is 5. The van der Waals surface area contributed by atoms with Gasteiger partial charge < -0.3 is 9.64 Å². The second-order valence-electron chi connectivity index (χ2n) is 4.88. The standard InChI is InChI=1S/C13H15N5O4/c14-16-15-5-6-22-9-10-7-13(19)17(8-10)11-1-3-12(4-2-11)18(20)21/h1-4,10H,5-9H2. The minimum Gasteiger partial charge on any atom is -0.381 e. The normalized spacial score (nSPS) is 17.4. The lowest BCUT2D eigenvalue weighted by Gasteiger charge is -2.16. The Hall–Kier alpha value is -2.64. The van der Waals surface area contributed by atoms with Gasteiger partial charge in [-0.15, -0.1) is 0 Å². The van der Waals surface area contributed by atoms with E-state index in [4.69, 9.17) is 10.3 Å². The SMILES string of the molecule is [N-]=[N+]=NCCOCC1CC(=O)N(c2ccc([N+](=O)[O-])cc2)C1. The number of azide groups is 1. The molecule has 9 heteroatoms. The summed E-state index contributed by atoms with van der Waals surface area (Å²) in [4.78, 5) is 26.4. The summed E-state index contributed by atoms with van der Waals surface area (Å²) in [7, 11) is 0. The molecule has 9 nitrogen and oxygen atoms in total. The third-order valence-corrected chi connectivity index (χ3v) is 3.33. The molecule has 1 aliphatic rings. The lowest BCUT2D eigenvalue weighted by Crippen LogP contribution is -2.25. The van der Waals surface area contributed by atoms with Crippen LogP contribution < -0.4 is 4.90 Å². The van der Waals surface area contributed by atoms with Crippen LogP contribution in [0.15, 0.2) is 29.4 Å². The van der Waals surface area contributed by atoms with Crippen molar-refractivity contribution in [3.8, 4) is 0 Å². The number of nitro groups is 1. The Bertz CT molecular complexity index is 597. The van der Waals surface area contributed by atoms with E-state index in [-0.39, 0.29) is 24.1 Å².